The van der Waals surface area contributed by atoms with Gasteiger partial charge < -0.3 is 5.32 Å². The molecule has 0 fully saturated rings. The van der Waals surface area contributed by atoms with Gasteiger partial charge in [0.05, 0.1) is 5.69 Å². The average Bonchev–Trinajstić information content (AvgIpc) is 2.62. The van der Waals surface area contributed by atoms with Crippen molar-refractivity contribution in [2.45, 2.75) is 25.7 Å². The number of hydrogen-bond donors (Lipinski definition) is 3. The van der Waals surface area contributed by atoms with E-state index in [0.717, 1.165) is 31.4 Å². The monoisotopic (exact) mass is 338 g/mol. The normalized spacial score (nSPS) is 12.8. The van der Waals surface area contributed by atoms with Gasteiger partial charge in [-0.1, -0.05) is 6.58 Å². The Labute approximate surface area is 144 Å². The maximum atomic E-state index is 12.3. The van der Waals surface area contributed by atoms with Crippen LogP contribution in [-0.4, -0.2) is 21.8 Å². The van der Waals surface area contributed by atoms with Crippen molar-refractivity contribution in [3.05, 3.63) is 64.1 Å². The Morgan fingerprint density at radius 3 is 2.56 bits per heavy atom. The van der Waals surface area contributed by atoms with Crippen LogP contribution in [0.1, 0.15) is 34.5 Å². The number of benzene rings is 1. The van der Waals surface area contributed by atoms with Crippen molar-refractivity contribution in [1.29, 1.82) is 0 Å². The third kappa shape index (κ3) is 3.82. The molecule has 0 atom stereocenters. The molecule has 25 heavy (non-hydrogen) atoms. The number of H-pyrrole nitrogens is 1. The molecule has 7 nitrogen and oxygen atoms in total. The number of amides is 2. The zero-order chi connectivity index (χ0) is 17.8. The van der Waals surface area contributed by atoms with Gasteiger partial charge >= 0.3 is 0 Å². The van der Waals surface area contributed by atoms with E-state index < -0.39 is 0 Å². The molecule has 0 unspecified atom stereocenters. The van der Waals surface area contributed by atoms with Crippen molar-refractivity contribution in [3.8, 4) is 0 Å². The van der Waals surface area contributed by atoms with E-state index >= 15 is 0 Å². The van der Waals surface area contributed by atoms with Gasteiger partial charge in [0.25, 0.3) is 11.5 Å². The number of aromatic nitrogens is 2. The summed E-state index contributed by atoms with van der Waals surface area (Å²) in [6.45, 7) is 3.37. The summed E-state index contributed by atoms with van der Waals surface area (Å²) < 4.78 is 0. The number of nitrogens with one attached hydrogen (secondary N) is 3. The second kappa shape index (κ2) is 7.12. The van der Waals surface area contributed by atoms with E-state index in [4.69, 9.17) is 0 Å². The number of carbonyl (C=O) groups excluding carboxylic acids is 2. The molecule has 128 valence electrons. The Hall–Kier alpha value is -3.22. The highest BCUT2D eigenvalue weighted by Crippen LogP contribution is 2.17. The number of fused-ring (bicyclic) bond motifs is 1. The third-order valence-corrected chi connectivity index (χ3v) is 4.02. The molecule has 3 rings (SSSR count). The van der Waals surface area contributed by atoms with Gasteiger partial charge in [0.1, 0.15) is 0 Å². The highest BCUT2D eigenvalue weighted by atomic mass is 16.2. The van der Waals surface area contributed by atoms with Crippen LogP contribution in [0.25, 0.3) is 0 Å². The number of hydrogen-bond acceptors (Lipinski definition) is 4. The van der Waals surface area contributed by atoms with Crippen molar-refractivity contribution in [2.24, 2.45) is 0 Å². The van der Waals surface area contributed by atoms with Crippen LogP contribution in [0.15, 0.2) is 41.7 Å². The first-order valence-electron chi connectivity index (χ1n) is 8.03. The largest absolute Gasteiger partial charge is 0.323 e. The molecule has 2 amide bonds. The molecule has 1 aromatic heterocycles. The molecule has 1 heterocycles. The van der Waals surface area contributed by atoms with Crippen molar-refractivity contribution in [2.75, 3.05) is 10.6 Å². The molecule has 3 N–H and O–H groups in total. The molecule has 7 heteroatoms. The van der Waals surface area contributed by atoms with Crippen molar-refractivity contribution in [3.63, 3.8) is 0 Å². The predicted octanol–water partition coefficient (Wildman–Crippen LogP) is 2.03. The van der Waals surface area contributed by atoms with Crippen molar-refractivity contribution < 1.29 is 9.59 Å². The maximum absolute atomic E-state index is 12.3. The van der Waals surface area contributed by atoms with Crippen LogP contribution in [0.2, 0.25) is 0 Å². The summed E-state index contributed by atoms with van der Waals surface area (Å²) in [4.78, 5) is 42.6. The third-order valence-electron chi connectivity index (χ3n) is 4.02. The number of rotatable bonds is 4. The summed E-state index contributed by atoms with van der Waals surface area (Å²) in [5.41, 5.74) is 2.22. The molecule has 0 saturated carbocycles. The SMILES string of the molecule is C=CC(=O)Nc1ccc(C(=O)Nc2nc3c(c(=O)[nH]2)CCCC3)cc1. The fourth-order valence-electron chi connectivity index (χ4n) is 2.74. The summed E-state index contributed by atoms with van der Waals surface area (Å²) in [5.74, 6) is -0.562. The molecule has 0 radical (unpaired) electrons. The van der Waals surface area contributed by atoms with Gasteiger partial charge in [-0.05, 0) is 56.0 Å². The Kier molecular flexibility index (Phi) is 4.74. The van der Waals surface area contributed by atoms with E-state index in [0.29, 0.717) is 16.8 Å². The predicted molar refractivity (Wildman–Crippen MR) is 94.7 cm³/mol. The number of anilines is 2. The van der Waals surface area contributed by atoms with Gasteiger partial charge in [0.2, 0.25) is 11.9 Å². The zero-order valence-electron chi connectivity index (χ0n) is 13.6. The Bertz CT molecular complexity index is 884. The summed E-state index contributed by atoms with van der Waals surface area (Å²) in [6, 6.07) is 6.37. The number of aryl methyl sites for hydroxylation is 1. The number of nitrogens with zero attached hydrogens (tertiary/aromatic N) is 1. The van der Waals surface area contributed by atoms with Gasteiger partial charge in [-0.25, -0.2) is 4.98 Å². The lowest BCUT2D eigenvalue weighted by atomic mass is 9.97. The minimum Gasteiger partial charge on any atom is -0.323 e. The number of aromatic amines is 1. The fraction of sp³-hybridized carbons (Fsp3) is 0.222. The number of carbonyl (C=O) groups is 2. The average molecular weight is 338 g/mol. The Balaban J connectivity index is 1.74. The van der Waals surface area contributed by atoms with Gasteiger partial charge in [0.15, 0.2) is 0 Å². The topological polar surface area (TPSA) is 104 Å². The fourth-order valence-corrected chi connectivity index (χ4v) is 2.74. The van der Waals surface area contributed by atoms with E-state index in [9.17, 15) is 14.4 Å². The van der Waals surface area contributed by atoms with Gasteiger partial charge in [-0.3, -0.25) is 24.7 Å². The smallest absolute Gasteiger partial charge is 0.257 e. The maximum Gasteiger partial charge on any atom is 0.257 e. The van der Waals surface area contributed by atoms with Crippen molar-refractivity contribution >= 4 is 23.5 Å². The van der Waals surface area contributed by atoms with Gasteiger partial charge in [-0.15, -0.1) is 0 Å². The lowest BCUT2D eigenvalue weighted by Crippen LogP contribution is -2.24. The van der Waals surface area contributed by atoms with Gasteiger partial charge in [-0.2, -0.15) is 0 Å². The van der Waals surface area contributed by atoms with E-state index in [-0.39, 0.29) is 23.3 Å². The van der Waals surface area contributed by atoms with Gasteiger partial charge in [0, 0.05) is 16.8 Å². The lowest BCUT2D eigenvalue weighted by Gasteiger charge is -2.14. The second-order valence-corrected chi connectivity index (χ2v) is 5.77. The molecule has 0 bridgehead atoms. The first kappa shape index (κ1) is 16.6. The van der Waals surface area contributed by atoms with Crippen LogP contribution in [0, 0.1) is 0 Å². The molecule has 0 spiro atoms. The van der Waals surface area contributed by atoms with Crippen LogP contribution in [-0.2, 0) is 17.6 Å². The summed E-state index contributed by atoms with van der Waals surface area (Å²) >= 11 is 0. The minimum absolute atomic E-state index is 0.152. The van der Waals surface area contributed by atoms with Crippen LogP contribution < -0.4 is 16.2 Å². The van der Waals surface area contributed by atoms with E-state index in [2.05, 4.69) is 27.2 Å². The molecule has 1 aromatic carbocycles. The summed E-state index contributed by atoms with van der Waals surface area (Å²) in [6.07, 6.45) is 4.62. The van der Waals surface area contributed by atoms with E-state index in [1.54, 1.807) is 24.3 Å². The standard InChI is InChI=1S/C18H18N4O3/c1-2-15(23)19-12-9-7-11(8-10-12)16(24)21-18-20-14-6-4-3-5-13(14)17(25)22-18/h2,7-10H,1,3-6H2,(H,19,23)(H2,20,21,22,24,25). The van der Waals surface area contributed by atoms with E-state index in [1.807, 2.05) is 0 Å². The van der Waals surface area contributed by atoms with Crippen LogP contribution in [0.5, 0.6) is 0 Å². The lowest BCUT2D eigenvalue weighted by molar-refractivity contribution is -0.111. The molecule has 0 aliphatic heterocycles. The zero-order valence-corrected chi connectivity index (χ0v) is 13.6. The van der Waals surface area contributed by atoms with Crippen LogP contribution in [0.4, 0.5) is 11.6 Å². The summed E-state index contributed by atoms with van der Waals surface area (Å²) in [5, 5.41) is 5.21. The highest BCUT2D eigenvalue weighted by Gasteiger charge is 2.16. The van der Waals surface area contributed by atoms with E-state index in [1.165, 1.54) is 6.08 Å². The first-order valence-corrected chi connectivity index (χ1v) is 8.03. The molecular formula is C18H18N4O3. The Morgan fingerprint density at radius 2 is 1.84 bits per heavy atom. The highest BCUT2D eigenvalue weighted by molar-refractivity contribution is 6.04. The summed E-state index contributed by atoms with van der Waals surface area (Å²) in [7, 11) is 0. The molecule has 1 aliphatic rings. The Morgan fingerprint density at radius 1 is 1.12 bits per heavy atom. The van der Waals surface area contributed by atoms with Crippen molar-refractivity contribution in [1.82, 2.24) is 9.97 Å². The molecule has 0 saturated heterocycles. The quantitative estimate of drug-likeness (QED) is 0.742. The molecule has 2 aromatic rings. The van der Waals surface area contributed by atoms with Crippen LogP contribution in [0.3, 0.4) is 0 Å². The second-order valence-electron chi connectivity index (χ2n) is 5.77. The molecule has 1 aliphatic carbocycles. The van der Waals surface area contributed by atoms with Crippen LogP contribution >= 0.6 is 0 Å². The molecular weight excluding hydrogens is 320 g/mol. The first-order chi connectivity index (χ1) is 12.1. The minimum atomic E-state index is -0.388.